The third-order valence-electron chi connectivity index (χ3n) is 5.14. The van der Waals surface area contributed by atoms with Crippen molar-refractivity contribution in [1.82, 2.24) is 0 Å². The van der Waals surface area contributed by atoms with Gasteiger partial charge in [-0.15, -0.1) is 0 Å². The normalized spacial score (nSPS) is 12.4. The molecule has 0 atom stereocenters. The van der Waals surface area contributed by atoms with Crippen molar-refractivity contribution in [2.24, 2.45) is 0 Å². The molecule has 0 saturated heterocycles. The number of hydrogen-bond donors (Lipinski definition) is 0. The van der Waals surface area contributed by atoms with Gasteiger partial charge >= 0.3 is 11.9 Å². The third-order valence-corrected chi connectivity index (χ3v) is 5.14. The van der Waals surface area contributed by atoms with Crippen molar-refractivity contribution in [3.8, 4) is 11.1 Å². The number of hydrogen-bond acceptors (Lipinski definition) is 4. The van der Waals surface area contributed by atoms with Gasteiger partial charge in [-0.3, -0.25) is 9.59 Å². The van der Waals surface area contributed by atoms with Crippen molar-refractivity contribution in [3.63, 3.8) is 0 Å². The van der Waals surface area contributed by atoms with E-state index in [2.05, 4.69) is 35.6 Å². The molecule has 1 aliphatic carbocycles. The van der Waals surface area contributed by atoms with Gasteiger partial charge < -0.3 is 9.47 Å². The summed E-state index contributed by atoms with van der Waals surface area (Å²) in [5.41, 5.74) is 5.79. The Hall–Kier alpha value is -3.14. The Labute approximate surface area is 171 Å². The number of benzene rings is 2. The van der Waals surface area contributed by atoms with Crippen LogP contribution in [0.25, 0.3) is 11.1 Å². The lowest BCUT2D eigenvalue weighted by atomic mass is 9.98. The highest BCUT2D eigenvalue weighted by Gasteiger charge is 2.28. The Morgan fingerprint density at radius 2 is 1.48 bits per heavy atom. The number of ether oxygens (including phenoxy) is 2. The van der Waals surface area contributed by atoms with Gasteiger partial charge in [0.05, 0.1) is 13.5 Å². The first-order chi connectivity index (χ1) is 14.1. The van der Waals surface area contributed by atoms with E-state index < -0.39 is 0 Å². The summed E-state index contributed by atoms with van der Waals surface area (Å²) < 4.78 is 10.2. The molecule has 0 N–H and O–H groups in total. The fourth-order valence-corrected chi connectivity index (χ4v) is 3.58. The number of allylic oxidation sites excluding steroid dienone is 2. The van der Waals surface area contributed by atoms with Gasteiger partial charge in [0, 0.05) is 12.3 Å². The molecule has 1 aliphatic rings. The van der Waals surface area contributed by atoms with Gasteiger partial charge in [0.25, 0.3) is 0 Å². The molecule has 0 bridgehead atoms. The van der Waals surface area contributed by atoms with Crippen LogP contribution in [0.3, 0.4) is 0 Å². The molecule has 0 aromatic heterocycles. The molecule has 0 fully saturated rings. The quantitative estimate of drug-likeness (QED) is 0.437. The topological polar surface area (TPSA) is 52.6 Å². The Balaban J connectivity index is 1.48. The number of carbonyl (C=O) groups is 2. The van der Waals surface area contributed by atoms with E-state index in [-0.39, 0.29) is 24.3 Å². The molecule has 2 aromatic carbocycles. The Morgan fingerprint density at radius 3 is 2.10 bits per heavy atom. The van der Waals surface area contributed by atoms with Gasteiger partial charge in [-0.05, 0) is 35.1 Å². The first-order valence-corrected chi connectivity index (χ1v) is 9.82. The van der Waals surface area contributed by atoms with Gasteiger partial charge in [0.2, 0.25) is 0 Å². The first kappa shape index (κ1) is 20.6. The zero-order chi connectivity index (χ0) is 20.6. The molecule has 0 saturated carbocycles. The van der Waals surface area contributed by atoms with Crippen molar-refractivity contribution >= 4 is 11.9 Å². The van der Waals surface area contributed by atoms with Crippen molar-refractivity contribution < 1.29 is 19.1 Å². The van der Waals surface area contributed by atoms with Crippen molar-refractivity contribution in [1.29, 1.82) is 0 Å². The van der Waals surface area contributed by atoms with E-state index in [1.54, 1.807) is 6.08 Å². The maximum Gasteiger partial charge on any atom is 0.309 e. The summed E-state index contributed by atoms with van der Waals surface area (Å²) in [6, 6.07) is 16.6. The van der Waals surface area contributed by atoms with E-state index in [9.17, 15) is 9.59 Å². The van der Waals surface area contributed by atoms with Gasteiger partial charge in [-0.25, -0.2) is 0 Å². The Morgan fingerprint density at radius 1 is 0.897 bits per heavy atom. The largest absolute Gasteiger partial charge is 0.469 e. The van der Waals surface area contributed by atoms with Gasteiger partial charge in [0.15, 0.2) is 0 Å². The molecule has 0 spiro atoms. The minimum absolute atomic E-state index is 0.0795. The van der Waals surface area contributed by atoms with Crippen LogP contribution < -0.4 is 0 Å². The summed E-state index contributed by atoms with van der Waals surface area (Å²) in [7, 11) is 1.36. The molecule has 4 heteroatoms. The fraction of sp³-hybridized carbons (Fsp3) is 0.280. The number of esters is 2. The molecule has 0 aliphatic heterocycles. The highest BCUT2D eigenvalue weighted by atomic mass is 16.5. The summed E-state index contributed by atoms with van der Waals surface area (Å²) >= 11 is 0. The average Bonchev–Trinajstić information content (AvgIpc) is 3.07. The van der Waals surface area contributed by atoms with Crippen LogP contribution in [0.5, 0.6) is 0 Å². The predicted octanol–water partition coefficient (Wildman–Crippen LogP) is 5.19. The van der Waals surface area contributed by atoms with E-state index in [4.69, 9.17) is 4.74 Å². The second kappa shape index (κ2) is 9.87. The van der Waals surface area contributed by atoms with Crippen LogP contribution in [0.1, 0.15) is 42.7 Å². The maximum atomic E-state index is 12.2. The molecule has 0 heterocycles. The lowest BCUT2D eigenvalue weighted by Crippen LogP contribution is -2.12. The van der Waals surface area contributed by atoms with Crippen LogP contribution in [0.2, 0.25) is 0 Å². The van der Waals surface area contributed by atoms with Crippen LogP contribution in [-0.2, 0) is 19.1 Å². The smallest absolute Gasteiger partial charge is 0.309 e. The number of rotatable bonds is 9. The minimum atomic E-state index is -0.273. The van der Waals surface area contributed by atoms with E-state index in [1.807, 2.05) is 30.3 Å². The van der Waals surface area contributed by atoms with Crippen LogP contribution in [0.4, 0.5) is 0 Å². The van der Waals surface area contributed by atoms with Gasteiger partial charge in [-0.2, -0.15) is 0 Å². The molecule has 4 nitrogen and oxygen atoms in total. The van der Waals surface area contributed by atoms with Gasteiger partial charge in [-0.1, -0.05) is 72.8 Å². The second-order valence-electron chi connectivity index (χ2n) is 7.12. The second-order valence-corrected chi connectivity index (χ2v) is 7.12. The van der Waals surface area contributed by atoms with E-state index >= 15 is 0 Å². The van der Waals surface area contributed by atoms with Crippen LogP contribution in [0.15, 0.2) is 72.8 Å². The monoisotopic (exact) mass is 390 g/mol. The molecule has 29 heavy (non-hydrogen) atoms. The maximum absolute atomic E-state index is 12.2. The van der Waals surface area contributed by atoms with Crippen LogP contribution in [0, 0.1) is 0 Å². The summed E-state index contributed by atoms with van der Waals surface area (Å²) in [5, 5.41) is 0. The fourth-order valence-electron chi connectivity index (χ4n) is 3.58. The molecule has 0 amide bonds. The van der Waals surface area contributed by atoms with E-state index in [0.29, 0.717) is 25.9 Å². The average molecular weight is 390 g/mol. The first-order valence-electron chi connectivity index (χ1n) is 9.82. The summed E-state index contributed by atoms with van der Waals surface area (Å²) in [4.78, 5) is 23.3. The molecule has 0 radical (unpaired) electrons. The predicted molar refractivity (Wildman–Crippen MR) is 113 cm³/mol. The highest BCUT2D eigenvalue weighted by molar-refractivity contribution is 5.79. The molecule has 3 rings (SSSR count). The zero-order valence-electron chi connectivity index (χ0n) is 16.7. The van der Waals surface area contributed by atoms with E-state index in [0.717, 1.165) is 5.57 Å². The third kappa shape index (κ3) is 5.23. The minimum Gasteiger partial charge on any atom is -0.469 e. The molecule has 150 valence electrons. The van der Waals surface area contributed by atoms with E-state index in [1.165, 1.54) is 29.4 Å². The Kier molecular flexibility index (Phi) is 7.01. The SMILES string of the molecule is C=C(C/C=C/CC(=O)OC)CCC(=O)OCC1c2ccccc2-c2ccccc21. The summed E-state index contributed by atoms with van der Waals surface area (Å²) in [5.74, 6) is -0.409. The van der Waals surface area contributed by atoms with Gasteiger partial charge in [0.1, 0.15) is 6.61 Å². The van der Waals surface area contributed by atoms with Crippen LogP contribution in [-0.4, -0.2) is 25.7 Å². The summed E-state index contributed by atoms with van der Waals surface area (Å²) in [6.45, 7) is 4.33. The number of carbonyl (C=O) groups excluding carboxylic acids is 2. The van der Waals surface area contributed by atoms with Crippen LogP contribution >= 0.6 is 0 Å². The highest BCUT2D eigenvalue weighted by Crippen LogP contribution is 2.44. The lowest BCUT2D eigenvalue weighted by molar-refractivity contribution is -0.144. The molecular formula is C25H26O4. The Bertz CT molecular complexity index is 880. The standard InChI is InChI=1S/C25H26O4/c1-18(9-3-8-14-24(26)28-2)15-16-25(27)29-17-23-21-12-6-4-10-19(21)20-11-5-7-13-22(20)23/h3-8,10-13,23H,1,9,14-17H2,2H3/b8-3+. The summed E-state index contributed by atoms with van der Waals surface area (Å²) in [6.07, 6.45) is 5.38. The lowest BCUT2D eigenvalue weighted by Gasteiger charge is -2.14. The zero-order valence-corrected chi connectivity index (χ0v) is 16.7. The molecule has 0 unspecified atom stereocenters. The number of methoxy groups -OCH3 is 1. The molecular weight excluding hydrogens is 364 g/mol. The van der Waals surface area contributed by atoms with Crippen molar-refractivity contribution in [2.45, 2.75) is 31.6 Å². The number of fused-ring (bicyclic) bond motifs is 3. The van der Waals surface area contributed by atoms with Crippen molar-refractivity contribution in [3.05, 3.63) is 84.0 Å². The van der Waals surface area contributed by atoms with Crippen molar-refractivity contribution in [2.75, 3.05) is 13.7 Å². The molecule has 2 aromatic rings.